The topological polar surface area (TPSA) is 116 Å². The van der Waals surface area contributed by atoms with Gasteiger partial charge in [-0.05, 0) is 36.0 Å². The third-order valence-corrected chi connectivity index (χ3v) is 6.37. The van der Waals surface area contributed by atoms with Crippen molar-refractivity contribution in [2.24, 2.45) is 5.92 Å². The molecule has 2 atom stereocenters. The van der Waals surface area contributed by atoms with Crippen molar-refractivity contribution in [3.8, 4) is 5.75 Å². The molecule has 0 aliphatic rings. The fourth-order valence-corrected chi connectivity index (χ4v) is 4.21. The van der Waals surface area contributed by atoms with E-state index in [9.17, 15) is 24.3 Å². The summed E-state index contributed by atoms with van der Waals surface area (Å²) >= 11 is 0. The van der Waals surface area contributed by atoms with Crippen LogP contribution < -0.4 is 21.5 Å². The minimum absolute atomic E-state index is 0.00329. The number of para-hydroxylation sites is 1. The van der Waals surface area contributed by atoms with E-state index in [1.165, 1.54) is 17.0 Å². The Hall–Kier alpha value is -3.94. The van der Waals surface area contributed by atoms with Crippen LogP contribution in [-0.2, 0) is 4.79 Å². The average Bonchev–Trinajstić information content (AvgIpc) is 2.87. The second-order valence-corrected chi connectivity index (χ2v) is 9.49. The highest BCUT2D eigenvalue weighted by atomic mass is 16.3. The monoisotopic (exact) mass is 491 g/mol. The summed E-state index contributed by atoms with van der Waals surface area (Å²) in [5, 5.41) is 16.4. The molecule has 1 amide bonds. The Labute approximate surface area is 210 Å². The van der Waals surface area contributed by atoms with E-state index >= 15 is 0 Å². The first kappa shape index (κ1) is 26.7. The van der Waals surface area contributed by atoms with Gasteiger partial charge in [-0.1, -0.05) is 57.2 Å². The van der Waals surface area contributed by atoms with Gasteiger partial charge in [-0.15, -0.1) is 0 Å². The van der Waals surface area contributed by atoms with Crippen LogP contribution in [-0.4, -0.2) is 41.8 Å². The fourth-order valence-electron chi connectivity index (χ4n) is 4.21. The summed E-state index contributed by atoms with van der Waals surface area (Å²) in [7, 11) is 3.12. The molecule has 0 fully saturated rings. The molecule has 0 aliphatic carbocycles. The number of carbonyl (C=O) groups excluding carboxylic acids is 2. The Balaban J connectivity index is 1.84. The molecule has 0 bridgehead atoms. The van der Waals surface area contributed by atoms with Gasteiger partial charge in [0.1, 0.15) is 11.4 Å². The van der Waals surface area contributed by atoms with E-state index in [-0.39, 0.29) is 46.0 Å². The van der Waals surface area contributed by atoms with Crippen molar-refractivity contribution in [2.45, 2.75) is 45.6 Å². The maximum Gasteiger partial charge on any atom is 0.257 e. The van der Waals surface area contributed by atoms with E-state index in [4.69, 9.17) is 0 Å². The normalized spacial score (nSPS) is 12.8. The lowest BCUT2D eigenvalue weighted by molar-refractivity contribution is -0.121. The van der Waals surface area contributed by atoms with Crippen LogP contribution in [0.2, 0.25) is 0 Å². The van der Waals surface area contributed by atoms with E-state index in [2.05, 4.69) is 10.6 Å². The van der Waals surface area contributed by atoms with Gasteiger partial charge in [0.25, 0.3) is 16.8 Å². The zero-order valence-electron chi connectivity index (χ0n) is 21.3. The Morgan fingerprint density at radius 1 is 0.944 bits per heavy atom. The van der Waals surface area contributed by atoms with Gasteiger partial charge in [0, 0.05) is 20.5 Å². The molecule has 3 N–H and O–H groups in total. The Morgan fingerprint density at radius 2 is 1.58 bits per heavy atom. The molecule has 0 saturated heterocycles. The van der Waals surface area contributed by atoms with E-state index in [0.29, 0.717) is 6.42 Å². The SMILES string of the molecule is CC[C@@H](CC(=O)[C@@H](Nc1c(Nc2cccc(C(=O)N(C)C)c2O)c(=O)c1=O)C(C)C)c1ccccc1. The number of phenolic OH excluding ortho intramolecular Hbond substituents is 1. The fraction of sp³-hybridized carbons (Fsp3) is 0.357. The number of hydrogen-bond acceptors (Lipinski definition) is 7. The number of nitrogens with zero attached hydrogens (tertiary/aromatic N) is 1. The molecular formula is C28H33N3O5. The van der Waals surface area contributed by atoms with Crippen molar-refractivity contribution >= 4 is 28.8 Å². The Kier molecular flexibility index (Phi) is 8.29. The molecule has 0 aromatic heterocycles. The Bertz CT molecular complexity index is 1310. The molecule has 0 radical (unpaired) electrons. The van der Waals surface area contributed by atoms with Crippen molar-refractivity contribution in [1.82, 2.24) is 4.90 Å². The lowest BCUT2D eigenvalue weighted by Gasteiger charge is -2.26. The van der Waals surface area contributed by atoms with Gasteiger partial charge in [-0.3, -0.25) is 19.2 Å². The van der Waals surface area contributed by atoms with Crippen LogP contribution >= 0.6 is 0 Å². The maximum atomic E-state index is 13.3. The van der Waals surface area contributed by atoms with Crippen LogP contribution in [0.15, 0.2) is 58.1 Å². The van der Waals surface area contributed by atoms with Crippen LogP contribution in [0.4, 0.5) is 17.1 Å². The predicted octanol–water partition coefficient (Wildman–Crippen LogP) is 4.02. The van der Waals surface area contributed by atoms with Gasteiger partial charge in [0.05, 0.1) is 17.3 Å². The Morgan fingerprint density at radius 3 is 2.17 bits per heavy atom. The molecule has 3 rings (SSSR count). The summed E-state index contributed by atoms with van der Waals surface area (Å²) in [4.78, 5) is 51.8. The molecule has 8 nitrogen and oxygen atoms in total. The number of Topliss-reactive ketones (excluding diaryl/α,β-unsaturated/α-hetero) is 1. The zero-order valence-corrected chi connectivity index (χ0v) is 21.3. The maximum absolute atomic E-state index is 13.3. The van der Waals surface area contributed by atoms with Crippen LogP contribution in [0.1, 0.15) is 55.5 Å². The zero-order chi connectivity index (χ0) is 26.6. The molecule has 36 heavy (non-hydrogen) atoms. The molecule has 3 aromatic rings. The van der Waals surface area contributed by atoms with Crippen molar-refractivity contribution < 1.29 is 14.7 Å². The molecular weight excluding hydrogens is 458 g/mol. The number of anilines is 3. The summed E-state index contributed by atoms with van der Waals surface area (Å²) in [6, 6.07) is 13.7. The third-order valence-electron chi connectivity index (χ3n) is 6.37. The number of hydrogen-bond donors (Lipinski definition) is 3. The van der Waals surface area contributed by atoms with E-state index in [1.54, 1.807) is 20.2 Å². The van der Waals surface area contributed by atoms with Gasteiger partial charge < -0.3 is 20.6 Å². The smallest absolute Gasteiger partial charge is 0.257 e. The number of benzene rings is 2. The third kappa shape index (κ3) is 5.48. The van der Waals surface area contributed by atoms with Crippen LogP contribution in [0.25, 0.3) is 0 Å². The number of ketones is 1. The van der Waals surface area contributed by atoms with Crippen LogP contribution in [0, 0.1) is 5.92 Å². The first-order valence-electron chi connectivity index (χ1n) is 12.0. The lowest BCUT2D eigenvalue weighted by atomic mass is 9.87. The molecule has 0 unspecified atom stereocenters. The predicted molar refractivity (Wildman–Crippen MR) is 142 cm³/mol. The minimum atomic E-state index is -0.757. The van der Waals surface area contributed by atoms with Crippen molar-refractivity contribution in [3.05, 3.63) is 80.1 Å². The van der Waals surface area contributed by atoms with Gasteiger partial charge in [0.15, 0.2) is 11.5 Å². The summed E-state index contributed by atoms with van der Waals surface area (Å²) in [6.45, 7) is 5.78. The quantitative estimate of drug-likeness (QED) is 0.274. The average molecular weight is 492 g/mol. The summed E-state index contributed by atoms with van der Waals surface area (Å²) < 4.78 is 0. The number of carbonyl (C=O) groups is 2. The first-order chi connectivity index (χ1) is 17.1. The number of phenols is 1. The highest BCUT2D eigenvalue weighted by molar-refractivity contribution is 5.99. The highest BCUT2D eigenvalue weighted by Crippen LogP contribution is 2.33. The largest absolute Gasteiger partial charge is 0.505 e. The molecule has 0 heterocycles. The lowest BCUT2D eigenvalue weighted by Crippen LogP contribution is -2.43. The van der Waals surface area contributed by atoms with Gasteiger partial charge in [0.2, 0.25) is 0 Å². The van der Waals surface area contributed by atoms with Crippen LogP contribution in [0.5, 0.6) is 5.75 Å². The van der Waals surface area contributed by atoms with Gasteiger partial charge in [-0.2, -0.15) is 0 Å². The number of nitrogens with one attached hydrogen (secondary N) is 2. The molecule has 0 spiro atoms. The summed E-state index contributed by atoms with van der Waals surface area (Å²) in [6.07, 6.45) is 1.08. The van der Waals surface area contributed by atoms with Crippen molar-refractivity contribution in [3.63, 3.8) is 0 Å². The standard InChI is InChI=1S/C28H33N3O5/c1-6-17(18-11-8-7-9-12-18)15-21(32)22(16(2)3)30-24-23(26(34)27(24)35)29-20-14-10-13-19(25(20)33)28(36)31(4)5/h7-14,16-17,22,29-30,33H,6,15H2,1-5H3/t17-,22-/m0/s1. The number of rotatable bonds is 11. The van der Waals surface area contributed by atoms with E-state index in [1.807, 2.05) is 51.1 Å². The summed E-state index contributed by atoms with van der Waals surface area (Å²) in [5.41, 5.74) is -0.282. The highest BCUT2D eigenvalue weighted by Gasteiger charge is 2.30. The molecule has 190 valence electrons. The first-order valence-corrected chi connectivity index (χ1v) is 12.0. The van der Waals surface area contributed by atoms with Crippen molar-refractivity contribution in [1.29, 1.82) is 0 Å². The molecule has 8 heteroatoms. The van der Waals surface area contributed by atoms with Crippen molar-refractivity contribution in [2.75, 3.05) is 24.7 Å². The van der Waals surface area contributed by atoms with Gasteiger partial charge >= 0.3 is 0 Å². The number of amides is 1. The second-order valence-electron chi connectivity index (χ2n) is 9.49. The molecule has 0 aliphatic heterocycles. The molecule has 3 aromatic carbocycles. The van der Waals surface area contributed by atoms with Gasteiger partial charge in [-0.25, -0.2) is 0 Å². The van der Waals surface area contributed by atoms with E-state index in [0.717, 1.165) is 12.0 Å². The van der Waals surface area contributed by atoms with E-state index < -0.39 is 22.8 Å². The van der Waals surface area contributed by atoms with Crippen LogP contribution in [0.3, 0.4) is 0 Å². The molecule has 0 saturated carbocycles. The number of aromatic hydroxyl groups is 1. The minimum Gasteiger partial charge on any atom is -0.505 e. The second kappa shape index (κ2) is 11.2. The summed E-state index contributed by atoms with van der Waals surface area (Å²) in [5.74, 6) is -0.895.